The Labute approximate surface area is 80.7 Å². The molecule has 0 aromatic carbocycles. The van der Waals surface area contributed by atoms with E-state index in [1.807, 2.05) is 0 Å². The van der Waals surface area contributed by atoms with E-state index >= 15 is 0 Å². The molecule has 0 aromatic heterocycles. The molecule has 0 aliphatic rings. The molecule has 0 rings (SSSR count). The van der Waals surface area contributed by atoms with Crippen molar-refractivity contribution in [2.24, 2.45) is 0 Å². The van der Waals surface area contributed by atoms with E-state index in [1.165, 1.54) is 0 Å². The van der Waals surface area contributed by atoms with Crippen molar-refractivity contribution < 1.29 is 36.2 Å². The third kappa shape index (κ3) is 2.62. The third-order valence-corrected chi connectivity index (χ3v) is 4.57. The summed E-state index contributed by atoms with van der Waals surface area (Å²) in [5, 5.41) is 17.7. The zero-order valence-corrected chi connectivity index (χ0v) is 8.66. The van der Waals surface area contributed by atoms with Gasteiger partial charge in [0.1, 0.15) is 0 Å². The summed E-state index contributed by atoms with van der Waals surface area (Å²) >= 11 is 0. The van der Waals surface area contributed by atoms with Crippen LogP contribution < -0.4 is 0 Å². The van der Waals surface area contributed by atoms with Crippen molar-refractivity contribution in [3.8, 4) is 0 Å². The summed E-state index contributed by atoms with van der Waals surface area (Å²) in [7, 11) is -10.9. The van der Waals surface area contributed by atoms with Gasteiger partial charge in [0.15, 0.2) is 0 Å². The summed E-state index contributed by atoms with van der Waals surface area (Å²) in [4.78, 5) is 0. The third-order valence-electron chi connectivity index (χ3n) is 1.36. The van der Waals surface area contributed by atoms with Crippen molar-refractivity contribution in [2.45, 2.75) is 23.7 Å². The van der Waals surface area contributed by atoms with Crippen LogP contribution in [0.2, 0.25) is 0 Å². The molecule has 8 nitrogen and oxygen atoms in total. The Morgan fingerprint density at radius 3 is 1.50 bits per heavy atom. The Balaban J connectivity index is 5.54. The highest BCUT2D eigenvalue weighted by Gasteiger charge is 2.53. The lowest BCUT2D eigenvalue weighted by molar-refractivity contribution is 0.0956. The van der Waals surface area contributed by atoms with Crippen molar-refractivity contribution in [1.82, 2.24) is 0 Å². The zero-order valence-electron chi connectivity index (χ0n) is 7.02. The molecular weight excluding hydrogens is 240 g/mol. The smallest absolute Gasteiger partial charge is 0.321 e. The summed E-state index contributed by atoms with van der Waals surface area (Å²) in [5.74, 6) is 0. The average molecular weight is 250 g/mol. The summed E-state index contributed by atoms with van der Waals surface area (Å²) in [6, 6.07) is 0. The lowest BCUT2D eigenvalue weighted by Gasteiger charge is -2.22. The highest BCUT2D eigenvalue weighted by Crippen LogP contribution is 2.25. The fourth-order valence-corrected chi connectivity index (χ4v) is 2.69. The maximum atomic E-state index is 10.5. The highest BCUT2D eigenvalue weighted by atomic mass is 32.3. The minimum Gasteiger partial charge on any atom is -0.393 e. The minimum atomic E-state index is -5.46. The summed E-state index contributed by atoms with van der Waals surface area (Å²) < 4.78 is 55.0. The van der Waals surface area contributed by atoms with Crippen molar-refractivity contribution in [3.63, 3.8) is 0 Å². The zero-order chi connectivity index (χ0) is 11.8. The first-order valence-electron chi connectivity index (χ1n) is 3.26. The van der Waals surface area contributed by atoms with Crippen molar-refractivity contribution in [1.29, 1.82) is 0 Å². The lowest BCUT2D eigenvalue weighted by Crippen LogP contribution is -2.47. The van der Waals surface area contributed by atoms with Gasteiger partial charge in [-0.15, -0.1) is 0 Å². The van der Waals surface area contributed by atoms with Crippen LogP contribution in [0.15, 0.2) is 0 Å². The molecule has 0 saturated heterocycles. The average Bonchev–Trinajstić information content (AvgIpc) is 1.79. The maximum Gasteiger partial charge on any atom is 0.321 e. The molecule has 1 atom stereocenters. The van der Waals surface area contributed by atoms with Crippen LogP contribution in [0.1, 0.15) is 13.3 Å². The molecule has 4 N–H and O–H groups in total. The summed E-state index contributed by atoms with van der Waals surface area (Å²) in [6.45, 7) is 0.974. The number of aliphatic hydroxyl groups excluding tert-OH is 1. The molecule has 1 unspecified atom stereocenters. The van der Waals surface area contributed by atoms with Crippen LogP contribution in [0, 0.1) is 0 Å². The van der Waals surface area contributed by atoms with Gasteiger partial charge in [-0.25, -0.2) is 0 Å². The molecule has 14 heavy (non-hydrogen) atoms. The fraction of sp³-hybridized carbons (Fsp3) is 1.00. The van der Waals surface area contributed by atoms with E-state index in [4.69, 9.17) is 19.3 Å². The molecule has 0 aromatic rings. The van der Waals surface area contributed by atoms with Crippen LogP contribution in [-0.2, 0) is 20.2 Å². The first-order valence-corrected chi connectivity index (χ1v) is 6.14. The molecule has 10 heteroatoms. The second-order valence-corrected chi connectivity index (χ2v) is 6.23. The number of hydrogen-bond acceptors (Lipinski definition) is 6. The lowest BCUT2D eigenvalue weighted by atomic mass is 10.3. The molecule has 0 aliphatic heterocycles. The van der Waals surface area contributed by atoms with Crippen molar-refractivity contribution in [3.05, 3.63) is 0 Å². The van der Waals surface area contributed by atoms with Crippen LogP contribution in [0.3, 0.4) is 0 Å². The van der Waals surface area contributed by atoms with E-state index in [9.17, 15) is 16.8 Å². The predicted octanol–water partition coefficient (Wildman–Crippen LogP) is -1.82. The second-order valence-electron chi connectivity index (χ2n) is 2.72. The maximum absolute atomic E-state index is 10.5. The van der Waals surface area contributed by atoms with Gasteiger partial charge in [0.05, 0.1) is 6.10 Å². The predicted molar refractivity (Wildman–Crippen MR) is 44.3 cm³/mol. The molecule has 0 saturated carbocycles. The quantitative estimate of drug-likeness (QED) is 0.426. The molecular formula is C4H10O8S2. The SMILES string of the molecule is CC(O)CC(O)(S(=O)(=O)O)S(=O)(=O)O. The number of aliphatic hydroxyl groups is 2. The fourth-order valence-electron chi connectivity index (χ4n) is 0.717. The van der Waals surface area contributed by atoms with Gasteiger partial charge in [0, 0.05) is 6.42 Å². The van der Waals surface area contributed by atoms with Gasteiger partial charge < -0.3 is 10.2 Å². The van der Waals surface area contributed by atoms with Crippen LogP contribution in [0.4, 0.5) is 0 Å². The van der Waals surface area contributed by atoms with Gasteiger partial charge in [-0.1, -0.05) is 0 Å². The summed E-state index contributed by atoms with van der Waals surface area (Å²) in [6.07, 6.45) is -2.81. The topological polar surface area (TPSA) is 149 Å². The highest BCUT2D eigenvalue weighted by molar-refractivity contribution is 8.04. The molecule has 0 aliphatic carbocycles. The van der Waals surface area contributed by atoms with E-state index in [0.717, 1.165) is 6.92 Å². The van der Waals surface area contributed by atoms with Crippen LogP contribution in [0.5, 0.6) is 0 Å². The van der Waals surface area contributed by atoms with Crippen LogP contribution in [-0.4, -0.2) is 46.5 Å². The number of rotatable bonds is 4. The van der Waals surface area contributed by atoms with Gasteiger partial charge in [0.25, 0.3) is 0 Å². The molecule has 0 amide bonds. The Kier molecular flexibility index (Phi) is 3.65. The molecule has 0 heterocycles. The van der Waals surface area contributed by atoms with Crippen molar-refractivity contribution >= 4 is 20.2 Å². The Bertz CT molecular complexity index is 357. The summed E-state index contributed by atoms with van der Waals surface area (Å²) in [5.41, 5.74) is 0. The first-order chi connectivity index (χ1) is 5.92. The number of hydrogen-bond donors (Lipinski definition) is 4. The Morgan fingerprint density at radius 1 is 1.14 bits per heavy atom. The molecule has 0 spiro atoms. The molecule has 86 valence electrons. The monoisotopic (exact) mass is 250 g/mol. The van der Waals surface area contributed by atoms with Crippen LogP contribution >= 0.6 is 0 Å². The molecule has 0 bridgehead atoms. The Morgan fingerprint density at radius 2 is 1.43 bits per heavy atom. The van der Waals surface area contributed by atoms with Gasteiger partial charge in [-0.2, -0.15) is 16.8 Å². The molecule has 0 radical (unpaired) electrons. The normalized spacial score (nSPS) is 16.6. The Hall–Kier alpha value is -0.260. The van der Waals surface area contributed by atoms with Crippen molar-refractivity contribution in [2.75, 3.05) is 0 Å². The second kappa shape index (κ2) is 3.72. The van der Waals surface area contributed by atoms with E-state index in [-0.39, 0.29) is 0 Å². The molecule has 0 fully saturated rings. The van der Waals surface area contributed by atoms with E-state index in [2.05, 4.69) is 0 Å². The van der Waals surface area contributed by atoms with E-state index in [1.54, 1.807) is 0 Å². The minimum absolute atomic E-state index is 0.974. The van der Waals surface area contributed by atoms with Crippen LogP contribution in [0.25, 0.3) is 0 Å². The van der Waals surface area contributed by atoms with Gasteiger partial charge in [-0.05, 0) is 6.92 Å². The standard InChI is InChI=1S/C4H10O8S2/c1-3(5)2-4(6,13(7,8)9)14(10,11)12/h3,5-6H,2H2,1H3,(H,7,8,9)(H,10,11,12). The van der Waals surface area contributed by atoms with Gasteiger partial charge >= 0.3 is 24.5 Å². The van der Waals surface area contributed by atoms with Gasteiger partial charge in [0.2, 0.25) is 0 Å². The van der Waals surface area contributed by atoms with E-state index < -0.39 is 37.0 Å². The largest absolute Gasteiger partial charge is 0.393 e. The van der Waals surface area contributed by atoms with E-state index in [0.29, 0.717) is 0 Å². The van der Waals surface area contributed by atoms with Gasteiger partial charge in [-0.3, -0.25) is 9.11 Å². The first kappa shape index (κ1) is 13.7.